The second kappa shape index (κ2) is 4.86. The van der Waals surface area contributed by atoms with Gasteiger partial charge in [0.1, 0.15) is 11.2 Å². The summed E-state index contributed by atoms with van der Waals surface area (Å²) in [5.41, 5.74) is 4.55. The highest BCUT2D eigenvalue weighted by molar-refractivity contribution is 6.40. The van der Waals surface area contributed by atoms with Gasteiger partial charge in [-0.15, -0.1) is 0 Å². The van der Waals surface area contributed by atoms with Crippen LogP contribution < -0.4 is 11.1 Å². The van der Waals surface area contributed by atoms with Gasteiger partial charge < -0.3 is 16.3 Å². The van der Waals surface area contributed by atoms with Gasteiger partial charge in [-0.3, -0.25) is 4.79 Å². The number of amidine groups is 1. The highest BCUT2D eigenvalue weighted by Gasteiger charge is 2.54. The predicted octanol–water partition coefficient (Wildman–Crippen LogP) is 2.60. The number of nitrogens with two attached hydrogens (primary N) is 1. The van der Waals surface area contributed by atoms with Gasteiger partial charge in [-0.2, -0.15) is 0 Å². The van der Waals surface area contributed by atoms with Gasteiger partial charge in [-0.25, -0.2) is 4.39 Å². The number of nitrogens with one attached hydrogen (secondary N) is 1. The molecule has 1 aliphatic carbocycles. The van der Waals surface area contributed by atoms with E-state index in [4.69, 9.17) is 34.1 Å². The van der Waals surface area contributed by atoms with Crippen LogP contribution in [0.15, 0.2) is 17.3 Å². The number of anilines is 1. The molecule has 1 aliphatic rings. The Kier molecular flexibility index (Phi) is 3.56. The zero-order chi connectivity index (χ0) is 14.2. The Morgan fingerprint density at radius 1 is 1.42 bits per heavy atom. The summed E-state index contributed by atoms with van der Waals surface area (Å²) in [4.78, 5) is 12.1. The SMILES string of the molecule is NC(=NO)C1(C(=O)Nc2c(Cl)cc(F)cc2Cl)CC1. The number of nitrogens with zero attached hydrogens (tertiary/aromatic N) is 1. The highest BCUT2D eigenvalue weighted by atomic mass is 35.5. The Hall–Kier alpha value is -1.53. The van der Waals surface area contributed by atoms with Crippen LogP contribution in [0, 0.1) is 11.2 Å². The fraction of sp³-hybridized carbons (Fsp3) is 0.273. The summed E-state index contributed by atoms with van der Waals surface area (Å²) in [5, 5.41) is 13.9. The Bertz CT molecular complexity index is 550. The van der Waals surface area contributed by atoms with Gasteiger partial charge in [0.2, 0.25) is 5.91 Å². The number of amides is 1. The van der Waals surface area contributed by atoms with Gasteiger partial charge in [-0.05, 0) is 25.0 Å². The van der Waals surface area contributed by atoms with Crippen molar-refractivity contribution >= 4 is 40.6 Å². The van der Waals surface area contributed by atoms with Crippen molar-refractivity contribution in [2.45, 2.75) is 12.8 Å². The van der Waals surface area contributed by atoms with Crippen molar-refractivity contribution in [3.63, 3.8) is 0 Å². The van der Waals surface area contributed by atoms with Gasteiger partial charge in [0, 0.05) is 0 Å². The first kappa shape index (κ1) is 13.9. The van der Waals surface area contributed by atoms with Crippen LogP contribution in [0.1, 0.15) is 12.8 Å². The minimum atomic E-state index is -1.03. The van der Waals surface area contributed by atoms with Crippen LogP contribution in [0.2, 0.25) is 10.0 Å². The third-order valence-electron chi connectivity index (χ3n) is 3.03. The van der Waals surface area contributed by atoms with Crippen LogP contribution in [0.5, 0.6) is 0 Å². The van der Waals surface area contributed by atoms with Gasteiger partial charge in [-0.1, -0.05) is 28.4 Å². The van der Waals surface area contributed by atoms with Crippen molar-refractivity contribution in [2.24, 2.45) is 16.3 Å². The molecule has 19 heavy (non-hydrogen) atoms. The molecular weight excluding hydrogens is 296 g/mol. The van der Waals surface area contributed by atoms with E-state index in [2.05, 4.69) is 10.5 Å². The van der Waals surface area contributed by atoms with Crippen molar-refractivity contribution < 1.29 is 14.4 Å². The summed E-state index contributed by atoms with van der Waals surface area (Å²) in [7, 11) is 0. The van der Waals surface area contributed by atoms with E-state index in [0.29, 0.717) is 12.8 Å². The smallest absolute Gasteiger partial charge is 0.238 e. The predicted molar refractivity (Wildman–Crippen MR) is 70.1 cm³/mol. The summed E-state index contributed by atoms with van der Waals surface area (Å²) in [6.07, 6.45) is 0.927. The molecule has 1 aromatic carbocycles. The molecule has 0 atom stereocenters. The second-order valence-corrected chi connectivity index (χ2v) is 5.08. The van der Waals surface area contributed by atoms with Gasteiger partial charge in [0.15, 0.2) is 5.84 Å². The monoisotopic (exact) mass is 305 g/mol. The molecule has 0 aromatic heterocycles. The first-order valence-electron chi connectivity index (χ1n) is 5.35. The quantitative estimate of drug-likeness (QED) is 0.347. The first-order valence-corrected chi connectivity index (χ1v) is 6.10. The normalized spacial score (nSPS) is 17.1. The summed E-state index contributed by atoms with van der Waals surface area (Å²) in [5.74, 6) is -1.26. The van der Waals surface area contributed by atoms with Crippen LogP contribution in [0.4, 0.5) is 10.1 Å². The Morgan fingerprint density at radius 3 is 2.37 bits per heavy atom. The molecular formula is C11H10Cl2FN3O2. The summed E-state index contributed by atoms with van der Waals surface area (Å²) >= 11 is 11.6. The van der Waals surface area contributed by atoms with E-state index in [1.165, 1.54) is 0 Å². The van der Waals surface area contributed by atoms with Crippen LogP contribution >= 0.6 is 23.2 Å². The molecule has 0 unspecified atom stereocenters. The van der Waals surface area contributed by atoms with Crippen LogP contribution in [0.25, 0.3) is 0 Å². The minimum Gasteiger partial charge on any atom is -0.409 e. The van der Waals surface area contributed by atoms with Crippen molar-refractivity contribution in [2.75, 3.05) is 5.32 Å². The van der Waals surface area contributed by atoms with E-state index in [-0.39, 0.29) is 21.6 Å². The molecule has 0 spiro atoms. The number of carbonyl (C=O) groups excluding carboxylic acids is 1. The third kappa shape index (κ3) is 2.46. The lowest BCUT2D eigenvalue weighted by atomic mass is 10.1. The first-order chi connectivity index (χ1) is 8.90. The van der Waals surface area contributed by atoms with Gasteiger partial charge >= 0.3 is 0 Å². The molecule has 8 heteroatoms. The molecule has 5 nitrogen and oxygen atoms in total. The lowest BCUT2D eigenvalue weighted by Gasteiger charge is -2.15. The molecule has 4 N–H and O–H groups in total. The number of carbonyl (C=O) groups is 1. The van der Waals surface area contributed by atoms with Crippen LogP contribution in [-0.4, -0.2) is 17.0 Å². The number of oxime groups is 1. The zero-order valence-electron chi connectivity index (χ0n) is 9.58. The Labute approximate surface area is 118 Å². The molecule has 0 radical (unpaired) electrons. The maximum atomic E-state index is 13.0. The summed E-state index contributed by atoms with van der Waals surface area (Å²) in [6, 6.07) is 2.07. The van der Waals surface area contributed by atoms with Crippen molar-refractivity contribution in [1.29, 1.82) is 0 Å². The molecule has 102 valence electrons. The van der Waals surface area contributed by atoms with Gasteiger partial charge in [0.25, 0.3) is 0 Å². The number of hydrogen-bond acceptors (Lipinski definition) is 3. The maximum Gasteiger partial charge on any atom is 0.238 e. The molecule has 0 saturated heterocycles. The third-order valence-corrected chi connectivity index (χ3v) is 3.62. The van der Waals surface area contributed by atoms with E-state index in [9.17, 15) is 9.18 Å². The molecule has 1 aromatic rings. The molecule has 0 bridgehead atoms. The number of hydrogen-bond donors (Lipinski definition) is 3. The van der Waals surface area contributed by atoms with E-state index in [0.717, 1.165) is 12.1 Å². The molecule has 1 saturated carbocycles. The molecule has 1 fully saturated rings. The highest BCUT2D eigenvalue weighted by Crippen LogP contribution is 2.47. The fourth-order valence-electron chi connectivity index (χ4n) is 1.72. The molecule has 0 heterocycles. The second-order valence-electron chi connectivity index (χ2n) is 4.27. The van der Waals surface area contributed by atoms with Crippen molar-refractivity contribution in [1.82, 2.24) is 0 Å². The van der Waals surface area contributed by atoms with Crippen molar-refractivity contribution in [3.05, 3.63) is 28.0 Å². The van der Waals surface area contributed by atoms with E-state index in [1.54, 1.807) is 0 Å². The number of benzene rings is 1. The fourth-order valence-corrected chi connectivity index (χ4v) is 2.27. The average molecular weight is 306 g/mol. The number of rotatable bonds is 3. The standard InChI is InChI=1S/C11H10Cl2FN3O2/c12-6-3-5(14)4-7(13)8(6)16-10(18)11(1-2-11)9(15)17-19/h3-4,19H,1-2H2,(H2,15,17)(H,16,18). The molecule has 1 amide bonds. The van der Waals surface area contributed by atoms with Crippen molar-refractivity contribution in [3.8, 4) is 0 Å². The van der Waals surface area contributed by atoms with E-state index in [1.807, 2.05) is 0 Å². The van der Waals surface area contributed by atoms with Crippen LogP contribution in [-0.2, 0) is 4.79 Å². The Morgan fingerprint density at radius 2 is 1.95 bits per heavy atom. The van der Waals surface area contributed by atoms with Crippen LogP contribution in [0.3, 0.4) is 0 Å². The van der Waals surface area contributed by atoms with E-state index >= 15 is 0 Å². The average Bonchev–Trinajstić information content (AvgIpc) is 3.13. The topological polar surface area (TPSA) is 87.7 Å². The summed E-state index contributed by atoms with van der Waals surface area (Å²) < 4.78 is 13.0. The lowest BCUT2D eigenvalue weighted by molar-refractivity contribution is -0.119. The molecule has 2 rings (SSSR count). The summed E-state index contributed by atoms with van der Waals surface area (Å²) in [6.45, 7) is 0. The number of halogens is 3. The Balaban J connectivity index is 2.26. The molecule has 0 aliphatic heterocycles. The van der Waals surface area contributed by atoms with E-state index < -0.39 is 17.1 Å². The maximum absolute atomic E-state index is 13.0. The zero-order valence-corrected chi connectivity index (χ0v) is 11.1. The lowest BCUT2D eigenvalue weighted by Crippen LogP contribution is -2.36. The minimum absolute atomic E-state index is 0.0198. The largest absolute Gasteiger partial charge is 0.409 e. The van der Waals surface area contributed by atoms with Gasteiger partial charge in [0.05, 0.1) is 15.7 Å².